The van der Waals surface area contributed by atoms with Crippen molar-refractivity contribution in [2.45, 2.75) is 58.1 Å². The summed E-state index contributed by atoms with van der Waals surface area (Å²) in [5.41, 5.74) is 0. The fraction of sp³-hybridized carbons (Fsp3) is 0.933. The van der Waals surface area contributed by atoms with E-state index in [4.69, 9.17) is 4.74 Å². The van der Waals surface area contributed by atoms with Crippen LogP contribution in [0.3, 0.4) is 0 Å². The molecule has 1 heterocycles. The Balaban J connectivity index is 1.61. The normalized spacial score (nSPS) is 23.3. The van der Waals surface area contributed by atoms with E-state index in [1.807, 2.05) is 6.92 Å². The minimum Gasteiger partial charge on any atom is -0.368 e. The fourth-order valence-electron chi connectivity index (χ4n) is 2.58. The first-order valence-electron chi connectivity index (χ1n) is 7.83. The molecule has 2 aliphatic rings. The summed E-state index contributed by atoms with van der Waals surface area (Å²) in [5.74, 6) is 0.780. The van der Waals surface area contributed by atoms with Crippen molar-refractivity contribution in [2.24, 2.45) is 5.92 Å². The van der Waals surface area contributed by atoms with Gasteiger partial charge in [-0.15, -0.1) is 0 Å². The maximum atomic E-state index is 12.0. The maximum absolute atomic E-state index is 12.0. The molecule has 0 aromatic rings. The molecular weight excluding hydrogens is 240 g/mol. The highest BCUT2D eigenvalue weighted by molar-refractivity contribution is 5.80. The molecule has 2 rings (SSSR count). The third kappa shape index (κ3) is 5.11. The Hall–Kier alpha value is -0.610. The molecule has 1 N–H and O–H groups in total. The van der Waals surface area contributed by atoms with E-state index in [9.17, 15) is 4.79 Å². The van der Waals surface area contributed by atoms with Gasteiger partial charge in [0.05, 0.1) is 6.61 Å². The van der Waals surface area contributed by atoms with Gasteiger partial charge in [-0.05, 0) is 51.5 Å². The summed E-state index contributed by atoms with van der Waals surface area (Å²) in [7, 11) is 0. The van der Waals surface area contributed by atoms with Crippen molar-refractivity contribution in [2.75, 3.05) is 26.2 Å². The van der Waals surface area contributed by atoms with Crippen molar-refractivity contribution >= 4 is 5.91 Å². The predicted molar refractivity (Wildman–Crippen MR) is 76.0 cm³/mol. The lowest BCUT2D eigenvalue weighted by Gasteiger charge is -2.32. The van der Waals surface area contributed by atoms with Crippen LogP contribution in [0.25, 0.3) is 0 Å². The van der Waals surface area contributed by atoms with Crippen molar-refractivity contribution in [3.8, 4) is 0 Å². The molecule has 1 amide bonds. The van der Waals surface area contributed by atoms with Gasteiger partial charge in [-0.1, -0.05) is 6.92 Å². The Morgan fingerprint density at radius 3 is 2.58 bits per heavy atom. The number of carbonyl (C=O) groups excluding carboxylic acids is 1. The summed E-state index contributed by atoms with van der Waals surface area (Å²) in [5, 5.41) is 3.13. The van der Waals surface area contributed by atoms with Crippen molar-refractivity contribution < 1.29 is 9.53 Å². The second-order valence-electron chi connectivity index (χ2n) is 6.04. The molecule has 1 aliphatic carbocycles. The SMILES string of the molecule is CCCN1CCC(NC(=O)[C@@H](C)OCC2CC2)CC1. The highest BCUT2D eigenvalue weighted by Gasteiger charge is 2.26. The minimum absolute atomic E-state index is 0.0644. The van der Waals surface area contributed by atoms with E-state index in [-0.39, 0.29) is 12.0 Å². The smallest absolute Gasteiger partial charge is 0.249 e. The molecule has 1 saturated heterocycles. The molecule has 4 nitrogen and oxygen atoms in total. The molecule has 2 fully saturated rings. The van der Waals surface area contributed by atoms with Crippen LogP contribution in [0.1, 0.15) is 46.0 Å². The van der Waals surface area contributed by atoms with Crippen LogP contribution in [0, 0.1) is 5.92 Å². The van der Waals surface area contributed by atoms with Gasteiger partial charge in [0.2, 0.25) is 5.91 Å². The van der Waals surface area contributed by atoms with Gasteiger partial charge in [0.25, 0.3) is 0 Å². The van der Waals surface area contributed by atoms with Crippen molar-refractivity contribution in [1.29, 1.82) is 0 Å². The Kier molecular flexibility index (Phi) is 5.64. The lowest BCUT2D eigenvalue weighted by molar-refractivity contribution is -0.133. The first-order valence-corrected chi connectivity index (χ1v) is 7.83. The van der Waals surface area contributed by atoms with Crippen molar-refractivity contribution in [3.63, 3.8) is 0 Å². The number of nitrogens with one attached hydrogen (secondary N) is 1. The average Bonchev–Trinajstić information content (AvgIpc) is 3.22. The summed E-state index contributed by atoms with van der Waals surface area (Å²) < 4.78 is 5.61. The summed E-state index contributed by atoms with van der Waals surface area (Å²) in [6.45, 7) is 8.23. The van der Waals surface area contributed by atoms with Crippen molar-refractivity contribution in [3.05, 3.63) is 0 Å². The lowest BCUT2D eigenvalue weighted by atomic mass is 10.0. The number of amides is 1. The van der Waals surface area contributed by atoms with Crippen LogP contribution < -0.4 is 5.32 Å². The number of carbonyl (C=O) groups is 1. The third-order valence-electron chi connectivity index (χ3n) is 4.12. The Labute approximate surface area is 116 Å². The molecular formula is C15H28N2O2. The number of nitrogens with zero attached hydrogens (tertiary/aromatic N) is 1. The van der Waals surface area contributed by atoms with Crippen LogP contribution in [-0.2, 0) is 9.53 Å². The standard InChI is InChI=1S/C15H28N2O2/c1-3-8-17-9-6-14(7-10-17)16-15(18)12(2)19-11-13-4-5-13/h12-14H,3-11H2,1-2H3,(H,16,18)/t12-/m1/s1. The van der Waals surface area contributed by atoms with Crippen molar-refractivity contribution in [1.82, 2.24) is 10.2 Å². The third-order valence-corrected chi connectivity index (χ3v) is 4.12. The molecule has 0 bridgehead atoms. The number of hydrogen-bond donors (Lipinski definition) is 1. The second kappa shape index (κ2) is 7.25. The molecule has 4 heteroatoms. The van der Waals surface area contributed by atoms with Gasteiger partial charge >= 0.3 is 0 Å². The predicted octanol–water partition coefficient (Wildman–Crippen LogP) is 1.79. The summed E-state index contributed by atoms with van der Waals surface area (Å²) in [6, 6.07) is 0.340. The van der Waals surface area contributed by atoms with Crippen LogP contribution >= 0.6 is 0 Å². The maximum Gasteiger partial charge on any atom is 0.249 e. The fourth-order valence-corrected chi connectivity index (χ4v) is 2.58. The monoisotopic (exact) mass is 268 g/mol. The highest BCUT2D eigenvalue weighted by atomic mass is 16.5. The molecule has 19 heavy (non-hydrogen) atoms. The van der Waals surface area contributed by atoms with E-state index < -0.39 is 0 Å². The zero-order valence-corrected chi connectivity index (χ0v) is 12.4. The van der Waals surface area contributed by atoms with Crippen LogP contribution in [0.4, 0.5) is 0 Å². The Morgan fingerprint density at radius 2 is 2.00 bits per heavy atom. The molecule has 0 aromatic heterocycles. The van der Waals surface area contributed by atoms with Gasteiger partial charge in [-0.2, -0.15) is 0 Å². The summed E-state index contributed by atoms with van der Waals surface area (Å²) in [6.07, 6.45) is 5.59. The van der Waals surface area contributed by atoms with Gasteiger partial charge in [-0.3, -0.25) is 4.79 Å². The number of hydrogen-bond acceptors (Lipinski definition) is 3. The van der Waals surface area contributed by atoms with Gasteiger partial charge < -0.3 is 15.0 Å². The zero-order chi connectivity index (χ0) is 13.7. The quantitative estimate of drug-likeness (QED) is 0.765. The number of ether oxygens (including phenoxy) is 1. The van der Waals surface area contributed by atoms with E-state index in [1.165, 1.54) is 25.8 Å². The number of rotatable bonds is 7. The molecule has 0 radical (unpaired) electrons. The zero-order valence-electron chi connectivity index (χ0n) is 12.4. The molecule has 1 aliphatic heterocycles. The van der Waals surface area contributed by atoms with E-state index in [1.54, 1.807) is 0 Å². The average molecular weight is 268 g/mol. The Bertz CT molecular complexity index is 284. The van der Waals surface area contributed by atoms with Crippen LogP contribution in [-0.4, -0.2) is 49.2 Å². The number of piperidine rings is 1. The number of likely N-dealkylation sites (tertiary alicyclic amines) is 1. The van der Waals surface area contributed by atoms with E-state index in [2.05, 4.69) is 17.1 Å². The van der Waals surface area contributed by atoms with Crippen LogP contribution in [0.5, 0.6) is 0 Å². The minimum atomic E-state index is -0.297. The molecule has 0 unspecified atom stereocenters. The topological polar surface area (TPSA) is 41.6 Å². The van der Waals surface area contributed by atoms with E-state index in [0.29, 0.717) is 12.0 Å². The van der Waals surface area contributed by atoms with Gasteiger partial charge in [0, 0.05) is 19.1 Å². The van der Waals surface area contributed by atoms with E-state index in [0.717, 1.165) is 32.5 Å². The molecule has 110 valence electrons. The highest BCUT2D eigenvalue weighted by Crippen LogP contribution is 2.29. The first-order chi connectivity index (χ1) is 9.19. The largest absolute Gasteiger partial charge is 0.368 e. The van der Waals surface area contributed by atoms with Gasteiger partial charge in [0.15, 0.2) is 0 Å². The van der Waals surface area contributed by atoms with Crippen LogP contribution in [0.15, 0.2) is 0 Å². The van der Waals surface area contributed by atoms with E-state index >= 15 is 0 Å². The van der Waals surface area contributed by atoms with Gasteiger partial charge in [-0.25, -0.2) is 0 Å². The first kappa shape index (κ1) is 14.8. The Morgan fingerprint density at radius 1 is 1.32 bits per heavy atom. The van der Waals surface area contributed by atoms with Gasteiger partial charge in [0.1, 0.15) is 6.10 Å². The summed E-state index contributed by atoms with van der Waals surface area (Å²) in [4.78, 5) is 14.5. The molecule has 0 spiro atoms. The summed E-state index contributed by atoms with van der Waals surface area (Å²) >= 11 is 0. The lowest BCUT2D eigenvalue weighted by Crippen LogP contribution is -2.47. The molecule has 1 saturated carbocycles. The molecule has 1 atom stereocenters. The molecule has 0 aromatic carbocycles. The van der Waals surface area contributed by atoms with Crippen LogP contribution in [0.2, 0.25) is 0 Å². The second-order valence-corrected chi connectivity index (χ2v) is 6.04.